The molecule has 28 heavy (non-hydrogen) atoms. The van der Waals surface area contributed by atoms with Gasteiger partial charge in [-0.2, -0.15) is 0 Å². The molecule has 1 heterocycles. The Morgan fingerprint density at radius 3 is 2.54 bits per heavy atom. The summed E-state index contributed by atoms with van der Waals surface area (Å²) in [6.07, 6.45) is 1.05. The van der Waals surface area contributed by atoms with Crippen LogP contribution in [0.5, 0.6) is 5.75 Å². The molecule has 2 amide bonds. The largest absolute Gasteiger partial charge is 0.496 e. The number of anilines is 2. The van der Waals surface area contributed by atoms with Crippen LogP contribution in [0.3, 0.4) is 0 Å². The molecule has 146 valence electrons. The average molecular weight is 382 g/mol. The van der Waals surface area contributed by atoms with Crippen molar-refractivity contribution in [3.05, 3.63) is 53.6 Å². The maximum atomic E-state index is 12.6. The molecular weight excluding hydrogens is 360 g/mol. The van der Waals surface area contributed by atoms with Crippen molar-refractivity contribution in [1.29, 1.82) is 0 Å². The molecule has 1 unspecified atom stereocenters. The Morgan fingerprint density at radius 2 is 1.93 bits per heavy atom. The number of aryl methyl sites for hydroxylation is 1. The molecular formula is C21H22N2O5. The van der Waals surface area contributed by atoms with Crippen LogP contribution in [0.1, 0.15) is 29.3 Å². The Kier molecular flexibility index (Phi) is 5.63. The quantitative estimate of drug-likeness (QED) is 0.801. The van der Waals surface area contributed by atoms with E-state index in [-0.39, 0.29) is 29.5 Å². The number of ether oxygens (including phenoxy) is 1. The Balaban J connectivity index is 1.70. The summed E-state index contributed by atoms with van der Waals surface area (Å²) >= 11 is 0. The van der Waals surface area contributed by atoms with Crippen molar-refractivity contribution in [2.24, 2.45) is 5.92 Å². The normalized spacial score (nSPS) is 16.1. The maximum Gasteiger partial charge on any atom is 0.339 e. The number of carbonyl (C=O) groups is 3. The molecule has 0 saturated carbocycles. The van der Waals surface area contributed by atoms with Crippen LogP contribution in [-0.4, -0.2) is 36.5 Å². The maximum absolute atomic E-state index is 12.6. The average Bonchev–Trinajstić information content (AvgIpc) is 3.09. The lowest BCUT2D eigenvalue weighted by Gasteiger charge is -2.17. The molecule has 2 N–H and O–H groups in total. The summed E-state index contributed by atoms with van der Waals surface area (Å²) in [4.78, 5) is 37.8. The van der Waals surface area contributed by atoms with E-state index >= 15 is 0 Å². The highest BCUT2D eigenvalue weighted by Gasteiger charge is 2.35. The highest BCUT2D eigenvalue weighted by atomic mass is 16.5. The number of nitrogens with zero attached hydrogens (tertiary/aromatic N) is 1. The van der Waals surface area contributed by atoms with Crippen molar-refractivity contribution in [3.8, 4) is 5.75 Å². The van der Waals surface area contributed by atoms with Gasteiger partial charge in [0.05, 0.1) is 13.0 Å². The molecule has 1 aliphatic heterocycles. The van der Waals surface area contributed by atoms with Crippen molar-refractivity contribution in [1.82, 2.24) is 0 Å². The van der Waals surface area contributed by atoms with Crippen molar-refractivity contribution < 1.29 is 24.2 Å². The number of carboxylic acids is 1. The fourth-order valence-corrected chi connectivity index (χ4v) is 3.23. The van der Waals surface area contributed by atoms with Gasteiger partial charge in [-0.15, -0.1) is 0 Å². The molecule has 0 radical (unpaired) electrons. The minimum atomic E-state index is -1.11. The van der Waals surface area contributed by atoms with Gasteiger partial charge in [0.15, 0.2) is 0 Å². The number of amides is 2. The number of benzene rings is 2. The van der Waals surface area contributed by atoms with E-state index in [4.69, 9.17) is 9.84 Å². The third kappa shape index (κ3) is 3.98. The highest BCUT2D eigenvalue weighted by Crippen LogP contribution is 2.28. The van der Waals surface area contributed by atoms with E-state index in [2.05, 4.69) is 12.2 Å². The molecule has 3 rings (SSSR count). The van der Waals surface area contributed by atoms with Gasteiger partial charge in [0.1, 0.15) is 11.3 Å². The SMILES string of the molecule is CCc1ccc(N2CC(C(=O)Nc3ccc(C(=O)O)c(OC)c3)CC2=O)cc1. The molecule has 0 bridgehead atoms. The third-order valence-corrected chi connectivity index (χ3v) is 4.85. The summed E-state index contributed by atoms with van der Waals surface area (Å²) in [7, 11) is 1.37. The van der Waals surface area contributed by atoms with Gasteiger partial charge in [0, 0.05) is 30.4 Å². The van der Waals surface area contributed by atoms with Crippen LogP contribution in [0, 0.1) is 5.92 Å². The van der Waals surface area contributed by atoms with Crippen molar-refractivity contribution in [2.45, 2.75) is 19.8 Å². The predicted octanol–water partition coefficient (Wildman–Crippen LogP) is 2.95. The van der Waals surface area contributed by atoms with Gasteiger partial charge in [-0.1, -0.05) is 19.1 Å². The number of rotatable bonds is 6. The van der Waals surface area contributed by atoms with Crippen LogP contribution in [0.4, 0.5) is 11.4 Å². The van der Waals surface area contributed by atoms with E-state index in [1.165, 1.54) is 30.9 Å². The Hall–Kier alpha value is -3.35. The second-order valence-electron chi connectivity index (χ2n) is 6.63. The van der Waals surface area contributed by atoms with Gasteiger partial charge in [-0.05, 0) is 36.2 Å². The van der Waals surface area contributed by atoms with E-state index in [9.17, 15) is 14.4 Å². The fourth-order valence-electron chi connectivity index (χ4n) is 3.23. The van der Waals surface area contributed by atoms with E-state index < -0.39 is 11.9 Å². The standard InChI is InChI=1S/C21H22N2O5/c1-3-13-4-7-16(8-5-13)23-12-14(10-19(23)24)20(25)22-15-6-9-17(21(26)27)18(11-15)28-2/h4-9,11,14H,3,10,12H2,1-2H3,(H,22,25)(H,26,27). The van der Waals surface area contributed by atoms with Gasteiger partial charge >= 0.3 is 5.97 Å². The summed E-state index contributed by atoms with van der Waals surface area (Å²) < 4.78 is 5.07. The van der Waals surface area contributed by atoms with Gasteiger partial charge in [-0.3, -0.25) is 9.59 Å². The molecule has 0 spiro atoms. The number of carbonyl (C=O) groups excluding carboxylic acids is 2. The first-order valence-corrected chi connectivity index (χ1v) is 9.04. The Labute approximate surface area is 162 Å². The lowest BCUT2D eigenvalue weighted by atomic mass is 10.1. The summed E-state index contributed by atoms with van der Waals surface area (Å²) in [5.41, 5.74) is 2.40. The number of aromatic carboxylic acids is 1. The van der Waals surface area contributed by atoms with Crippen molar-refractivity contribution in [3.63, 3.8) is 0 Å². The van der Waals surface area contributed by atoms with Gasteiger partial charge < -0.3 is 20.1 Å². The first kappa shape index (κ1) is 19.4. The van der Waals surface area contributed by atoms with Crippen LogP contribution >= 0.6 is 0 Å². The van der Waals surface area contributed by atoms with E-state index in [1.807, 2.05) is 24.3 Å². The Morgan fingerprint density at radius 1 is 1.21 bits per heavy atom. The Bertz CT molecular complexity index is 908. The zero-order valence-corrected chi connectivity index (χ0v) is 15.8. The van der Waals surface area contributed by atoms with E-state index in [0.717, 1.165) is 12.1 Å². The van der Waals surface area contributed by atoms with Crippen molar-refractivity contribution >= 4 is 29.2 Å². The molecule has 1 fully saturated rings. The van der Waals surface area contributed by atoms with Crippen LogP contribution in [0.2, 0.25) is 0 Å². The minimum Gasteiger partial charge on any atom is -0.496 e. The fraction of sp³-hybridized carbons (Fsp3) is 0.286. The molecule has 7 nitrogen and oxygen atoms in total. The summed E-state index contributed by atoms with van der Waals surface area (Å²) in [5.74, 6) is -1.82. The van der Waals surface area contributed by atoms with Gasteiger partial charge in [-0.25, -0.2) is 4.79 Å². The molecule has 7 heteroatoms. The predicted molar refractivity (Wildman–Crippen MR) is 105 cm³/mol. The zero-order valence-electron chi connectivity index (χ0n) is 15.8. The number of methoxy groups -OCH3 is 1. The minimum absolute atomic E-state index is 0.0123. The van der Waals surface area contributed by atoms with Crippen LogP contribution in [0.25, 0.3) is 0 Å². The zero-order chi connectivity index (χ0) is 20.3. The van der Waals surface area contributed by atoms with Crippen LogP contribution in [0.15, 0.2) is 42.5 Å². The summed E-state index contributed by atoms with van der Waals surface area (Å²) in [6, 6.07) is 12.1. The lowest BCUT2D eigenvalue weighted by Crippen LogP contribution is -2.28. The monoisotopic (exact) mass is 382 g/mol. The lowest BCUT2D eigenvalue weighted by molar-refractivity contribution is -0.122. The second kappa shape index (κ2) is 8.12. The topological polar surface area (TPSA) is 95.9 Å². The highest BCUT2D eigenvalue weighted by molar-refractivity contribution is 6.03. The molecule has 2 aromatic rings. The summed E-state index contributed by atoms with van der Waals surface area (Å²) in [6.45, 7) is 2.37. The number of carboxylic acid groups (broad SMARTS) is 1. The molecule has 0 aliphatic carbocycles. The first-order valence-electron chi connectivity index (χ1n) is 9.04. The number of hydrogen-bond acceptors (Lipinski definition) is 4. The first-order chi connectivity index (χ1) is 13.4. The molecule has 1 saturated heterocycles. The van der Waals surface area contributed by atoms with Crippen molar-refractivity contribution in [2.75, 3.05) is 23.9 Å². The molecule has 0 aromatic heterocycles. The second-order valence-corrected chi connectivity index (χ2v) is 6.63. The van der Waals surface area contributed by atoms with E-state index in [0.29, 0.717) is 12.2 Å². The number of nitrogens with one attached hydrogen (secondary N) is 1. The number of hydrogen-bond donors (Lipinski definition) is 2. The van der Waals surface area contributed by atoms with E-state index in [1.54, 1.807) is 4.90 Å². The molecule has 1 aliphatic rings. The van der Waals surface area contributed by atoms with Crippen LogP contribution in [-0.2, 0) is 16.0 Å². The van der Waals surface area contributed by atoms with Crippen LogP contribution < -0.4 is 15.0 Å². The smallest absolute Gasteiger partial charge is 0.339 e. The molecule has 2 aromatic carbocycles. The third-order valence-electron chi connectivity index (χ3n) is 4.85. The van der Waals surface area contributed by atoms with Gasteiger partial charge in [0.2, 0.25) is 11.8 Å². The summed E-state index contributed by atoms with van der Waals surface area (Å²) in [5, 5.41) is 11.9. The molecule has 1 atom stereocenters. The van der Waals surface area contributed by atoms with Gasteiger partial charge in [0.25, 0.3) is 0 Å².